The van der Waals surface area contributed by atoms with Gasteiger partial charge >= 0.3 is 5.97 Å². The highest BCUT2D eigenvalue weighted by atomic mass is 16.5. The molecule has 0 saturated carbocycles. The Morgan fingerprint density at radius 2 is 1.12 bits per heavy atom. The first-order valence-electron chi connectivity index (χ1n) is 35.7. The van der Waals surface area contributed by atoms with Crippen LogP contribution in [-0.2, 0) is 14.3 Å². The molecule has 0 radical (unpaired) electrons. The molecule has 5 heterocycles. The molecule has 5 atom stereocenters. The number of aromatic amines is 2. The van der Waals surface area contributed by atoms with E-state index >= 15 is 0 Å². The molecule has 0 fully saturated rings. The second-order valence-electron chi connectivity index (χ2n) is 25.7. The van der Waals surface area contributed by atoms with Gasteiger partial charge in [0.2, 0.25) is 5.91 Å². The number of Topliss-reactive ketones (excluding diaryl/α,β-unsaturated/α-hetero) is 1. The number of ether oxygens (including phenoxy) is 1. The number of H-pyrrole nitrogens is 2. The van der Waals surface area contributed by atoms with E-state index in [-0.39, 0.29) is 29.9 Å². The second-order valence-corrected chi connectivity index (χ2v) is 25.7. The van der Waals surface area contributed by atoms with Gasteiger partial charge in [0.1, 0.15) is 5.92 Å². The molecule has 1 aliphatic carbocycles. The van der Waals surface area contributed by atoms with E-state index in [0.29, 0.717) is 43.9 Å². The topological polar surface area (TPSA) is 314 Å². The van der Waals surface area contributed by atoms with Gasteiger partial charge in [-0.2, -0.15) is 0 Å². The first-order valence-corrected chi connectivity index (χ1v) is 35.7. The number of esters is 1. The van der Waals surface area contributed by atoms with Gasteiger partial charge in [-0.3, -0.25) is 39.0 Å². The summed E-state index contributed by atoms with van der Waals surface area (Å²) in [5.74, 6) is -2.94. The summed E-state index contributed by atoms with van der Waals surface area (Å²) in [5.41, 5.74) is 21.4. The summed E-state index contributed by atoms with van der Waals surface area (Å²) in [5, 5.41) is 40.0. The summed E-state index contributed by atoms with van der Waals surface area (Å²) in [7, 11) is 7.28. The van der Waals surface area contributed by atoms with Gasteiger partial charge < -0.3 is 84.7 Å². The van der Waals surface area contributed by atoms with E-state index in [2.05, 4.69) is 134 Å². The van der Waals surface area contributed by atoms with E-state index < -0.39 is 23.8 Å². The minimum Gasteiger partial charge on any atom is -0.468 e. The number of nitrogens with zero attached hydrogens (tertiary/aromatic N) is 6. The summed E-state index contributed by atoms with van der Waals surface area (Å²) in [6, 6.07) is -0.516. The van der Waals surface area contributed by atoms with Crippen LogP contribution in [0, 0.1) is 31.6 Å². The summed E-state index contributed by atoms with van der Waals surface area (Å²) in [4.78, 5) is 71.2. The summed E-state index contributed by atoms with van der Waals surface area (Å²) >= 11 is 0. The number of aliphatic imine (C=N–C) groups is 2. The third kappa shape index (κ3) is 24.4. The number of hydrogen-bond donors (Lipinski definition) is 15. The molecule has 2 aromatic heterocycles. The van der Waals surface area contributed by atoms with Gasteiger partial charge in [-0.25, -0.2) is 4.99 Å². The number of amides is 1. The molecule has 0 aromatic carbocycles. The lowest BCUT2D eigenvalue weighted by molar-refractivity contribution is -0.144. The zero-order valence-electron chi connectivity index (χ0n) is 59.6. The zero-order valence-corrected chi connectivity index (χ0v) is 59.6. The number of nitrogens with one attached hydrogen (secondary N) is 13. The van der Waals surface area contributed by atoms with E-state index in [9.17, 15) is 14.4 Å². The largest absolute Gasteiger partial charge is 0.468 e. The smallest absolute Gasteiger partial charge is 0.317 e. The third-order valence-corrected chi connectivity index (χ3v) is 19.3. The summed E-state index contributed by atoms with van der Waals surface area (Å²) in [6.45, 7) is 42.3. The van der Waals surface area contributed by atoms with Gasteiger partial charge in [0, 0.05) is 267 Å². The number of fused-ring (bicyclic) bond motifs is 6. The molecule has 6 rings (SSSR count). The van der Waals surface area contributed by atoms with E-state index in [4.69, 9.17) is 26.2 Å². The number of aromatic nitrogens is 2. The lowest BCUT2D eigenvalue weighted by atomic mass is 9.75. The zero-order chi connectivity index (χ0) is 68.3. The molecule has 1 amide bonds. The monoisotopic (exact) mass is 1320 g/mol. The highest BCUT2D eigenvalue weighted by Crippen LogP contribution is 2.50. The average molecular weight is 1320 g/mol. The summed E-state index contributed by atoms with van der Waals surface area (Å²) < 4.78 is 5.44. The Labute approximate surface area is 568 Å². The predicted molar refractivity (Wildman–Crippen MR) is 392 cm³/mol. The van der Waals surface area contributed by atoms with E-state index in [1.165, 1.54) is 7.11 Å². The molecule has 8 bridgehead atoms. The maximum atomic E-state index is 14.8. The number of methoxy groups -OCH3 is 1. The molecular formula is C70H125N21O4. The average Bonchev–Trinajstić information content (AvgIpc) is 1.57. The molecule has 5 unspecified atom stereocenters. The first kappa shape index (κ1) is 78.8. The molecule has 25 nitrogen and oxygen atoms in total. The Bertz CT molecular complexity index is 2920. The van der Waals surface area contributed by atoms with Crippen molar-refractivity contribution in [2.45, 2.75) is 65.8 Å². The van der Waals surface area contributed by atoms with Crippen LogP contribution in [0.15, 0.2) is 33.4 Å². The fourth-order valence-electron chi connectivity index (χ4n) is 13.6. The van der Waals surface area contributed by atoms with Crippen LogP contribution in [-0.4, -0.2) is 302 Å². The molecule has 4 aliphatic rings. The number of carbonyl (C=O) groups excluding carboxylic acids is 3. The van der Waals surface area contributed by atoms with Crippen LogP contribution in [0.3, 0.4) is 0 Å². The third-order valence-electron chi connectivity index (χ3n) is 19.3. The van der Waals surface area contributed by atoms with Crippen LogP contribution >= 0.6 is 0 Å². The predicted octanol–water partition coefficient (Wildman–Crippen LogP) is -1.65. The van der Waals surface area contributed by atoms with Gasteiger partial charge in [-0.15, -0.1) is 0 Å². The van der Waals surface area contributed by atoms with Crippen molar-refractivity contribution < 1.29 is 19.1 Å². The van der Waals surface area contributed by atoms with Gasteiger partial charge in [0.15, 0.2) is 5.78 Å². The minimum absolute atomic E-state index is 0.0420. The molecule has 25 heteroatoms. The summed E-state index contributed by atoms with van der Waals surface area (Å²) in [6.07, 6.45) is 9.65. The number of rotatable bonds is 52. The number of likely N-dealkylation sites (N-methyl/N-ethyl adjacent to an activating group) is 3. The second kappa shape index (κ2) is 44.0. The molecular weight excluding hydrogens is 1200 g/mol. The van der Waals surface area contributed by atoms with Crippen LogP contribution in [0.2, 0.25) is 0 Å². The Morgan fingerprint density at radius 1 is 0.621 bits per heavy atom. The molecule has 17 N–H and O–H groups in total. The highest BCUT2D eigenvalue weighted by Gasteiger charge is 2.54. The van der Waals surface area contributed by atoms with Crippen molar-refractivity contribution in [3.8, 4) is 0 Å². The van der Waals surface area contributed by atoms with Crippen molar-refractivity contribution in [1.29, 1.82) is 0 Å². The molecule has 534 valence electrons. The maximum Gasteiger partial charge on any atom is 0.317 e. The van der Waals surface area contributed by atoms with E-state index in [1.807, 2.05) is 40.2 Å². The van der Waals surface area contributed by atoms with Crippen LogP contribution in [0.5, 0.6) is 0 Å². The number of nitrogens with two attached hydrogens (primary N) is 2. The highest BCUT2D eigenvalue weighted by molar-refractivity contribution is 6.23. The number of hydrogen-bond acceptors (Lipinski definition) is 22. The quantitative estimate of drug-likeness (QED) is 0.0201. The van der Waals surface area contributed by atoms with Gasteiger partial charge in [-0.1, -0.05) is 26.5 Å². The van der Waals surface area contributed by atoms with E-state index in [0.717, 1.165) is 251 Å². The molecule has 2 aromatic rings. The van der Waals surface area contributed by atoms with Gasteiger partial charge in [-0.05, 0) is 101 Å². The van der Waals surface area contributed by atoms with Crippen molar-refractivity contribution in [3.63, 3.8) is 0 Å². The maximum absolute atomic E-state index is 14.8. The Balaban J connectivity index is 1.18. The molecule has 0 spiro atoms. The van der Waals surface area contributed by atoms with Gasteiger partial charge in [0.05, 0.1) is 24.6 Å². The van der Waals surface area contributed by atoms with Crippen molar-refractivity contribution in [1.82, 2.24) is 88.1 Å². The Kier molecular flexibility index (Phi) is 36.5. The van der Waals surface area contributed by atoms with Crippen molar-refractivity contribution in [2.75, 3.05) is 238 Å². The molecule has 0 saturated heterocycles. The van der Waals surface area contributed by atoms with Crippen molar-refractivity contribution >= 4 is 53.4 Å². The van der Waals surface area contributed by atoms with Gasteiger partial charge in [0.25, 0.3) is 0 Å². The fourth-order valence-corrected chi connectivity index (χ4v) is 13.6. The number of ketones is 1. The van der Waals surface area contributed by atoms with E-state index in [1.54, 1.807) is 0 Å². The fraction of sp³-hybridized carbons (Fsp3) is 0.700. The number of carbonyl (C=O) groups is 3. The SMILES string of the molecule is C=Cc1c(C)c2[nH]c1=CC1=NC(=Cc3[nH]c4c(c3C)C(=O)C(C(=O)OC)C4C3N=C(C=2)C(C)C3CCC(=O)NCCN(CCNCCN(CCN)CCNCCNC)CCN(CCNCCNCCNC)CCNCCN(CCNCCN)CCNCCNC)C(CC)=C1C. The van der Waals surface area contributed by atoms with Crippen LogP contribution in [0.4, 0.5) is 0 Å². The lowest BCUT2D eigenvalue weighted by Gasteiger charge is -2.29. The van der Waals surface area contributed by atoms with Crippen LogP contribution in [0.25, 0.3) is 24.3 Å². The molecule has 95 heavy (non-hydrogen) atoms. The Morgan fingerprint density at radius 3 is 1.62 bits per heavy atom. The Hall–Kier alpha value is -5.17. The number of allylic oxidation sites excluding steroid dienone is 2. The first-order chi connectivity index (χ1) is 46.3. The van der Waals surface area contributed by atoms with Crippen LogP contribution < -0.4 is 80.7 Å². The standard InChI is InChI=1S/C70H125N21O4/c1-11-54-50(3)57-47-59-52(5)56(67(86-59)65-66(70(94)95-10)69(93)64-53(6)60(87-68(64)65)49-62-55(12-2)51(4)58(85-62)48-61(54)84-57)13-14-63(92)83-34-44-91(43-33-81-30-37-88(35-16-72)36-27-78-22-19-74-8)46-45-90(41-29-80-25-24-77-21-18-73-7)42-32-82-31-40-89(38-26-76-17-15-71)39-28-79-23-20-75-9/h11,47-49,52,56,65-67,73-82,84,87H,1,12-46,71-72H2,2-10H3,(H,83,92). The lowest BCUT2D eigenvalue weighted by Crippen LogP contribution is -2.46. The molecule has 3 aliphatic heterocycles. The van der Waals surface area contributed by atoms with Crippen molar-refractivity contribution in [2.24, 2.45) is 39.2 Å². The normalized spacial score (nSPS) is 18.4. The minimum atomic E-state index is -1.09. The van der Waals surface area contributed by atoms with Crippen LogP contribution in [0.1, 0.15) is 84.4 Å². The van der Waals surface area contributed by atoms with Crippen molar-refractivity contribution in [3.05, 3.63) is 67.8 Å².